The molecular formula is C31H32O4. The molecule has 3 aromatic carbocycles. The van der Waals surface area contributed by atoms with Gasteiger partial charge in [0.25, 0.3) is 0 Å². The number of carbonyl (C=O) groups is 2. The lowest BCUT2D eigenvalue weighted by molar-refractivity contribution is -0.131. The van der Waals surface area contributed by atoms with E-state index >= 15 is 0 Å². The molecular weight excluding hydrogens is 436 g/mol. The lowest BCUT2D eigenvalue weighted by Crippen LogP contribution is -2.33. The molecule has 4 heteroatoms. The molecule has 0 aliphatic heterocycles. The largest absolute Gasteiger partial charge is 0.478 e. The van der Waals surface area contributed by atoms with E-state index in [0.717, 1.165) is 29.9 Å². The predicted molar refractivity (Wildman–Crippen MR) is 142 cm³/mol. The van der Waals surface area contributed by atoms with Gasteiger partial charge in [-0.3, -0.25) is 0 Å². The van der Waals surface area contributed by atoms with E-state index in [0.29, 0.717) is 16.7 Å². The number of allylic oxidation sites excluding steroid dienone is 2. The van der Waals surface area contributed by atoms with E-state index in [9.17, 15) is 19.8 Å². The van der Waals surface area contributed by atoms with Crippen molar-refractivity contribution in [3.05, 3.63) is 94.1 Å². The molecule has 4 rings (SSSR count). The van der Waals surface area contributed by atoms with Gasteiger partial charge in [-0.15, -0.1) is 0 Å². The molecule has 0 atom stereocenters. The Morgan fingerprint density at radius 3 is 2.00 bits per heavy atom. The Morgan fingerprint density at radius 1 is 0.800 bits per heavy atom. The minimum atomic E-state index is -1.04. The Kier molecular flexibility index (Phi) is 6.18. The van der Waals surface area contributed by atoms with Crippen LogP contribution >= 0.6 is 0 Å². The van der Waals surface area contributed by atoms with Crippen molar-refractivity contribution >= 4 is 34.4 Å². The summed E-state index contributed by atoms with van der Waals surface area (Å²) in [5.74, 6) is -2.06. The highest BCUT2D eigenvalue weighted by Crippen LogP contribution is 2.47. The van der Waals surface area contributed by atoms with E-state index in [1.165, 1.54) is 22.6 Å². The van der Waals surface area contributed by atoms with Gasteiger partial charge in [-0.05, 0) is 99.0 Å². The molecule has 1 aliphatic carbocycles. The lowest BCUT2D eigenvalue weighted by atomic mass is 9.63. The van der Waals surface area contributed by atoms with Crippen molar-refractivity contribution in [3.63, 3.8) is 0 Å². The first-order chi connectivity index (χ1) is 16.4. The molecule has 4 nitrogen and oxygen atoms in total. The molecule has 2 N–H and O–H groups in total. The van der Waals surface area contributed by atoms with Crippen LogP contribution in [0.1, 0.15) is 80.1 Å². The van der Waals surface area contributed by atoms with Crippen molar-refractivity contribution in [2.24, 2.45) is 0 Å². The van der Waals surface area contributed by atoms with Crippen molar-refractivity contribution in [1.82, 2.24) is 0 Å². The van der Waals surface area contributed by atoms with E-state index in [1.807, 2.05) is 12.1 Å². The third kappa shape index (κ3) is 4.93. The van der Waals surface area contributed by atoms with E-state index in [4.69, 9.17) is 0 Å². The molecule has 0 spiro atoms. The standard InChI is InChI=1S/C31H32O4/c1-19(13-28(32)33)25(22-7-6-8-23(16-22)29(34)35)15-20-9-10-21-17-26-27(18-24(21)14-20)31(4,5)12-11-30(26,2)3/h6-10,13-18H,11-12H2,1-5H3,(H,32,33)(H,34,35)/b19-13?,25-15-. The summed E-state index contributed by atoms with van der Waals surface area (Å²) in [4.78, 5) is 22.9. The zero-order chi connectivity index (χ0) is 25.5. The predicted octanol–water partition coefficient (Wildman–Crippen LogP) is 7.46. The number of aliphatic carboxylic acids is 1. The molecule has 0 aromatic heterocycles. The van der Waals surface area contributed by atoms with Crippen molar-refractivity contribution in [2.75, 3.05) is 0 Å². The van der Waals surface area contributed by atoms with Crippen LogP contribution in [0.5, 0.6) is 0 Å². The van der Waals surface area contributed by atoms with E-state index in [-0.39, 0.29) is 16.4 Å². The second-order valence-electron chi connectivity index (χ2n) is 10.9. The number of hydrogen-bond acceptors (Lipinski definition) is 2. The highest BCUT2D eigenvalue weighted by Gasteiger charge is 2.37. The second kappa shape index (κ2) is 8.84. The fourth-order valence-corrected chi connectivity index (χ4v) is 5.09. The minimum Gasteiger partial charge on any atom is -0.478 e. The number of fused-ring (bicyclic) bond motifs is 2. The third-order valence-electron chi connectivity index (χ3n) is 7.33. The quantitative estimate of drug-likeness (QED) is 0.231. The van der Waals surface area contributed by atoms with Gasteiger partial charge in [0.1, 0.15) is 0 Å². The Morgan fingerprint density at radius 2 is 1.40 bits per heavy atom. The topological polar surface area (TPSA) is 74.6 Å². The summed E-state index contributed by atoms with van der Waals surface area (Å²) in [6, 6.07) is 17.5. The SMILES string of the molecule is CC(=CC(=O)O)/C(=C/c1ccc2cc3c(cc2c1)C(C)(C)CCC3(C)C)c1cccc(C(=O)O)c1. The fraction of sp³-hybridized carbons (Fsp3) is 0.290. The van der Waals surface area contributed by atoms with Gasteiger partial charge in [-0.1, -0.05) is 64.1 Å². The van der Waals surface area contributed by atoms with Gasteiger partial charge in [0.05, 0.1) is 5.56 Å². The van der Waals surface area contributed by atoms with Gasteiger partial charge in [-0.2, -0.15) is 0 Å². The summed E-state index contributed by atoms with van der Waals surface area (Å²) >= 11 is 0. The van der Waals surface area contributed by atoms with Crippen molar-refractivity contribution < 1.29 is 19.8 Å². The van der Waals surface area contributed by atoms with Crippen LogP contribution in [-0.4, -0.2) is 22.2 Å². The number of benzene rings is 3. The average molecular weight is 469 g/mol. The molecule has 0 saturated carbocycles. The lowest BCUT2D eigenvalue weighted by Gasteiger charge is -2.42. The molecule has 35 heavy (non-hydrogen) atoms. The Labute approximate surface area is 206 Å². The summed E-state index contributed by atoms with van der Waals surface area (Å²) in [7, 11) is 0. The van der Waals surface area contributed by atoms with Crippen molar-refractivity contribution in [2.45, 2.75) is 58.3 Å². The summed E-state index contributed by atoms with van der Waals surface area (Å²) in [5, 5.41) is 21.1. The maximum Gasteiger partial charge on any atom is 0.335 e. The molecule has 0 fully saturated rings. The van der Waals surface area contributed by atoms with Gasteiger partial charge in [0, 0.05) is 6.08 Å². The van der Waals surface area contributed by atoms with Crippen LogP contribution in [0.25, 0.3) is 22.4 Å². The Hall–Kier alpha value is -3.66. The van der Waals surface area contributed by atoms with Crippen LogP contribution in [0.2, 0.25) is 0 Å². The van der Waals surface area contributed by atoms with E-state index in [2.05, 4.69) is 52.0 Å². The smallest absolute Gasteiger partial charge is 0.335 e. The number of carboxylic acid groups (broad SMARTS) is 2. The second-order valence-corrected chi connectivity index (χ2v) is 10.9. The van der Waals surface area contributed by atoms with Gasteiger partial charge >= 0.3 is 11.9 Å². The highest BCUT2D eigenvalue weighted by molar-refractivity contribution is 5.98. The summed E-state index contributed by atoms with van der Waals surface area (Å²) in [6.07, 6.45) is 5.39. The first-order valence-corrected chi connectivity index (χ1v) is 11.9. The molecule has 3 aromatic rings. The maximum atomic E-state index is 11.5. The summed E-state index contributed by atoms with van der Waals surface area (Å²) in [6.45, 7) is 11.0. The Bertz CT molecular complexity index is 1400. The highest BCUT2D eigenvalue weighted by atomic mass is 16.4. The minimum absolute atomic E-state index is 0.105. The van der Waals surface area contributed by atoms with E-state index in [1.54, 1.807) is 25.1 Å². The summed E-state index contributed by atoms with van der Waals surface area (Å²) < 4.78 is 0. The number of hydrogen-bond donors (Lipinski definition) is 2. The fourth-order valence-electron chi connectivity index (χ4n) is 5.09. The van der Waals surface area contributed by atoms with Gasteiger partial charge in [-0.25, -0.2) is 9.59 Å². The zero-order valence-corrected chi connectivity index (χ0v) is 21.0. The first kappa shape index (κ1) is 24.5. The van der Waals surface area contributed by atoms with Crippen LogP contribution in [0.3, 0.4) is 0 Å². The molecule has 0 bridgehead atoms. The summed E-state index contributed by atoms with van der Waals surface area (Å²) in [5.41, 5.74) is 6.02. The van der Waals surface area contributed by atoms with E-state index < -0.39 is 11.9 Å². The third-order valence-corrected chi connectivity index (χ3v) is 7.33. The molecule has 0 amide bonds. The van der Waals surface area contributed by atoms with Crippen molar-refractivity contribution in [3.8, 4) is 0 Å². The molecule has 0 heterocycles. The van der Waals surface area contributed by atoms with Crippen LogP contribution in [0, 0.1) is 0 Å². The molecule has 1 aliphatic rings. The van der Waals surface area contributed by atoms with Gasteiger partial charge in [0.2, 0.25) is 0 Å². The monoisotopic (exact) mass is 468 g/mol. The molecule has 0 saturated heterocycles. The van der Waals surface area contributed by atoms with Crippen LogP contribution in [0.4, 0.5) is 0 Å². The molecule has 0 radical (unpaired) electrons. The van der Waals surface area contributed by atoms with Crippen LogP contribution in [0.15, 0.2) is 66.2 Å². The van der Waals surface area contributed by atoms with Gasteiger partial charge in [0.15, 0.2) is 0 Å². The zero-order valence-electron chi connectivity index (χ0n) is 21.0. The molecule has 0 unspecified atom stereocenters. The number of rotatable bonds is 5. The molecule has 180 valence electrons. The number of carboxylic acids is 2. The maximum absolute atomic E-state index is 11.5. The van der Waals surface area contributed by atoms with Crippen LogP contribution < -0.4 is 0 Å². The average Bonchev–Trinajstić information content (AvgIpc) is 2.79. The van der Waals surface area contributed by atoms with Crippen molar-refractivity contribution in [1.29, 1.82) is 0 Å². The number of aromatic carboxylic acids is 1. The van der Waals surface area contributed by atoms with Crippen LogP contribution in [-0.2, 0) is 15.6 Å². The van der Waals surface area contributed by atoms with Gasteiger partial charge < -0.3 is 10.2 Å². The first-order valence-electron chi connectivity index (χ1n) is 11.9. The Balaban J connectivity index is 1.89. The normalized spacial score (nSPS) is 17.2.